The van der Waals surface area contributed by atoms with E-state index in [0.29, 0.717) is 19.3 Å². The molecule has 15 heavy (non-hydrogen) atoms. The lowest BCUT2D eigenvalue weighted by molar-refractivity contribution is 0.253. The van der Waals surface area contributed by atoms with Gasteiger partial charge < -0.3 is 9.66 Å². The molecule has 0 aromatic rings. The first-order valence-electron chi connectivity index (χ1n) is 5.32. The van der Waals surface area contributed by atoms with Crippen molar-refractivity contribution in [3.05, 3.63) is 12.7 Å². The van der Waals surface area contributed by atoms with Gasteiger partial charge in [-0.15, -0.1) is 6.58 Å². The van der Waals surface area contributed by atoms with Crippen LogP contribution in [0.1, 0.15) is 33.1 Å². The molecule has 1 unspecified atom stereocenters. The minimum absolute atomic E-state index is 0.0991. The molecule has 0 radical (unpaired) electrons. The summed E-state index contributed by atoms with van der Waals surface area (Å²) in [6.45, 7) is 7.63. The zero-order valence-corrected chi connectivity index (χ0v) is 10.3. The molecule has 0 aromatic carbocycles. The fraction of sp³-hybridized carbons (Fsp3) is 0.818. The third-order valence-electron chi connectivity index (χ3n) is 2.68. The number of hydrogen-bond donors (Lipinski definition) is 1. The molecule has 0 aliphatic rings. The van der Waals surface area contributed by atoms with Crippen LogP contribution in [-0.2, 0) is 11.1 Å². The summed E-state index contributed by atoms with van der Waals surface area (Å²) in [6, 6.07) is 0. The smallest absolute Gasteiger partial charge is 0.0433 e. The molecule has 0 aromatic heterocycles. The highest BCUT2D eigenvalue weighted by Crippen LogP contribution is 2.22. The molecule has 0 heterocycles. The molecule has 0 spiro atoms. The first kappa shape index (κ1) is 14.8. The summed E-state index contributed by atoms with van der Waals surface area (Å²) in [5, 5.41) is 8.43. The Kier molecular flexibility index (Phi) is 7.92. The first-order chi connectivity index (χ1) is 7.02. The molecule has 0 saturated carbocycles. The van der Waals surface area contributed by atoms with Crippen molar-refractivity contribution >= 4 is 11.1 Å². The normalized spacial score (nSPS) is 19.2. The predicted molar refractivity (Wildman–Crippen MR) is 62.2 cm³/mol. The van der Waals surface area contributed by atoms with Crippen molar-refractivity contribution in [1.29, 1.82) is 0 Å². The molecule has 0 amide bonds. The Morgan fingerprint density at radius 2 is 2.13 bits per heavy atom. The predicted octanol–water partition coefficient (Wildman–Crippen LogP) is 1.85. The van der Waals surface area contributed by atoms with Gasteiger partial charge in [-0.1, -0.05) is 31.0 Å². The average Bonchev–Trinajstić information content (AvgIpc) is 2.14. The van der Waals surface area contributed by atoms with Crippen LogP contribution in [-0.4, -0.2) is 25.7 Å². The minimum atomic E-state index is -2.04. The highest BCUT2D eigenvalue weighted by atomic mass is 32.2. The van der Waals surface area contributed by atoms with Gasteiger partial charge in [0.25, 0.3) is 0 Å². The van der Waals surface area contributed by atoms with Gasteiger partial charge in [-0.25, -0.2) is 0 Å². The molecule has 0 rings (SSSR count). The van der Waals surface area contributed by atoms with Gasteiger partial charge in [0.2, 0.25) is 0 Å². The molecule has 0 aliphatic carbocycles. The number of aliphatic hydroxyl groups excluding tert-OH is 1. The summed E-state index contributed by atoms with van der Waals surface area (Å²) < 4.78 is 22.1. The van der Waals surface area contributed by atoms with Crippen LogP contribution in [0.15, 0.2) is 12.7 Å². The summed E-state index contributed by atoms with van der Waals surface area (Å²) in [4.78, 5) is 0. The Labute approximate surface area is 94.9 Å². The molecule has 90 valence electrons. The molecule has 0 aliphatic heterocycles. The zero-order chi connectivity index (χ0) is 11.8. The van der Waals surface area contributed by atoms with E-state index in [0.717, 1.165) is 0 Å². The van der Waals surface area contributed by atoms with E-state index >= 15 is 0 Å². The summed E-state index contributed by atoms with van der Waals surface area (Å²) in [5.74, 6) is 0.340. The molecule has 0 bridgehead atoms. The van der Waals surface area contributed by atoms with E-state index in [1.807, 2.05) is 13.8 Å². The standard InChI is InChI=1S/C11H22O3S/c1-4-5-10(3)11(15(13)14)8-9(2)6-7-12/h4,9-12H,1,5-8H2,2-3H3,(H,13,14)/p-1/t9-,10+,11-/m1/s1. The summed E-state index contributed by atoms with van der Waals surface area (Å²) >= 11 is -2.04. The molecule has 3 nitrogen and oxygen atoms in total. The van der Waals surface area contributed by atoms with Crippen molar-refractivity contribution in [2.24, 2.45) is 11.8 Å². The first-order valence-corrected chi connectivity index (χ1v) is 6.46. The number of allylic oxidation sites excluding steroid dienone is 1. The third kappa shape index (κ3) is 6.07. The number of rotatable bonds is 8. The highest BCUT2D eigenvalue weighted by molar-refractivity contribution is 7.79. The van der Waals surface area contributed by atoms with Gasteiger partial charge in [-0.05, 0) is 31.1 Å². The van der Waals surface area contributed by atoms with Crippen LogP contribution in [0, 0.1) is 11.8 Å². The van der Waals surface area contributed by atoms with Gasteiger partial charge in [-0.3, -0.25) is 4.21 Å². The number of aliphatic hydroxyl groups is 1. The summed E-state index contributed by atoms with van der Waals surface area (Å²) in [6.07, 6.45) is 3.74. The lowest BCUT2D eigenvalue weighted by Crippen LogP contribution is -2.26. The molecular weight excluding hydrogens is 212 g/mol. The summed E-state index contributed by atoms with van der Waals surface area (Å²) in [5.41, 5.74) is 0. The maximum absolute atomic E-state index is 11.1. The van der Waals surface area contributed by atoms with E-state index in [4.69, 9.17) is 5.11 Å². The average molecular weight is 233 g/mol. The van der Waals surface area contributed by atoms with Crippen LogP contribution in [0.5, 0.6) is 0 Å². The van der Waals surface area contributed by atoms with Gasteiger partial charge >= 0.3 is 0 Å². The SMILES string of the molecule is C=CC[C@H](C)[C@@H](C[C@H](C)CCO)S(=O)[O-]. The Bertz CT molecular complexity index is 206. The second-order valence-electron chi connectivity index (χ2n) is 4.15. The Morgan fingerprint density at radius 1 is 1.53 bits per heavy atom. The topological polar surface area (TPSA) is 60.4 Å². The van der Waals surface area contributed by atoms with Gasteiger partial charge in [0.05, 0.1) is 0 Å². The van der Waals surface area contributed by atoms with E-state index in [1.54, 1.807) is 6.08 Å². The fourth-order valence-corrected chi connectivity index (χ4v) is 2.63. The third-order valence-corrected chi connectivity index (χ3v) is 3.83. The van der Waals surface area contributed by atoms with Gasteiger partial charge in [0, 0.05) is 11.9 Å². The van der Waals surface area contributed by atoms with Crippen molar-refractivity contribution in [1.82, 2.24) is 0 Å². The van der Waals surface area contributed by atoms with Crippen LogP contribution in [0.25, 0.3) is 0 Å². The second kappa shape index (κ2) is 8.02. The molecule has 0 saturated heterocycles. The van der Waals surface area contributed by atoms with E-state index in [-0.39, 0.29) is 23.7 Å². The molecule has 0 fully saturated rings. The van der Waals surface area contributed by atoms with E-state index in [9.17, 15) is 8.76 Å². The lowest BCUT2D eigenvalue weighted by atomic mass is 9.93. The zero-order valence-electron chi connectivity index (χ0n) is 9.52. The summed E-state index contributed by atoms with van der Waals surface area (Å²) in [7, 11) is 0. The van der Waals surface area contributed by atoms with E-state index in [2.05, 4.69) is 6.58 Å². The second-order valence-corrected chi connectivity index (χ2v) is 5.28. The monoisotopic (exact) mass is 233 g/mol. The van der Waals surface area contributed by atoms with Crippen LogP contribution >= 0.6 is 0 Å². The molecular formula is C11H21O3S-. The van der Waals surface area contributed by atoms with Crippen LogP contribution in [0.4, 0.5) is 0 Å². The fourth-order valence-electron chi connectivity index (χ4n) is 1.65. The Morgan fingerprint density at radius 3 is 2.53 bits per heavy atom. The maximum atomic E-state index is 11.1. The quantitative estimate of drug-likeness (QED) is 0.514. The minimum Gasteiger partial charge on any atom is -0.772 e. The van der Waals surface area contributed by atoms with Crippen LogP contribution in [0.3, 0.4) is 0 Å². The van der Waals surface area contributed by atoms with E-state index < -0.39 is 11.1 Å². The highest BCUT2D eigenvalue weighted by Gasteiger charge is 2.19. The van der Waals surface area contributed by atoms with Gasteiger partial charge in [-0.2, -0.15) is 0 Å². The lowest BCUT2D eigenvalue weighted by Gasteiger charge is -2.27. The van der Waals surface area contributed by atoms with E-state index in [1.165, 1.54) is 0 Å². The Hall–Kier alpha value is -0.190. The van der Waals surface area contributed by atoms with Crippen molar-refractivity contribution in [3.63, 3.8) is 0 Å². The molecule has 4 heteroatoms. The Balaban J connectivity index is 4.26. The maximum Gasteiger partial charge on any atom is 0.0433 e. The van der Waals surface area contributed by atoms with Crippen molar-refractivity contribution in [2.45, 2.75) is 38.4 Å². The number of hydrogen-bond acceptors (Lipinski definition) is 3. The van der Waals surface area contributed by atoms with Crippen LogP contribution < -0.4 is 0 Å². The molecule has 1 N–H and O–H groups in total. The largest absolute Gasteiger partial charge is 0.772 e. The molecule has 4 atom stereocenters. The van der Waals surface area contributed by atoms with Crippen molar-refractivity contribution in [3.8, 4) is 0 Å². The van der Waals surface area contributed by atoms with Crippen molar-refractivity contribution < 1.29 is 13.9 Å². The van der Waals surface area contributed by atoms with Crippen molar-refractivity contribution in [2.75, 3.05) is 6.61 Å². The van der Waals surface area contributed by atoms with Gasteiger partial charge in [0.15, 0.2) is 0 Å². The van der Waals surface area contributed by atoms with Gasteiger partial charge in [0.1, 0.15) is 0 Å². The van der Waals surface area contributed by atoms with Crippen LogP contribution in [0.2, 0.25) is 0 Å².